The lowest BCUT2D eigenvalue weighted by atomic mass is 10.1. The highest BCUT2D eigenvalue weighted by Crippen LogP contribution is 2.28. The van der Waals surface area contributed by atoms with Gasteiger partial charge in [0.2, 0.25) is 5.13 Å². The molecular weight excluding hydrogens is 395 g/mol. The summed E-state index contributed by atoms with van der Waals surface area (Å²) >= 11 is 2.15. The van der Waals surface area contributed by atoms with Gasteiger partial charge in [0.25, 0.3) is 10.0 Å². The summed E-state index contributed by atoms with van der Waals surface area (Å²) in [5.74, 6) is 0.165. The molecule has 0 fully saturated rings. The van der Waals surface area contributed by atoms with Crippen LogP contribution in [0, 0.1) is 5.82 Å². The monoisotopic (exact) mass is 412 g/mol. The molecule has 138 valence electrons. The third-order valence-corrected chi connectivity index (χ3v) is 7.46. The van der Waals surface area contributed by atoms with Crippen LogP contribution in [-0.2, 0) is 16.4 Å². The maximum absolute atomic E-state index is 13.0. The average Bonchev–Trinajstić information content (AvgIpc) is 3.26. The van der Waals surface area contributed by atoms with Gasteiger partial charge in [-0.2, -0.15) is 4.37 Å². The van der Waals surface area contributed by atoms with Crippen molar-refractivity contribution in [2.75, 3.05) is 10.8 Å². The molecule has 0 saturated carbocycles. The van der Waals surface area contributed by atoms with Gasteiger partial charge in [-0.05, 0) is 36.1 Å². The number of benzene rings is 1. The Morgan fingerprint density at radius 2 is 2.00 bits per heavy atom. The van der Waals surface area contributed by atoms with E-state index in [0.29, 0.717) is 12.2 Å². The van der Waals surface area contributed by atoms with Gasteiger partial charge in [0.05, 0.1) is 6.54 Å². The Labute approximate surface area is 159 Å². The van der Waals surface area contributed by atoms with Crippen LogP contribution in [0.2, 0.25) is 0 Å². The highest BCUT2D eigenvalue weighted by molar-refractivity contribution is 7.94. The summed E-state index contributed by atoms with van der Waals surface area (Å²) in [7, 11) is -3.74. The quantitative estimate of drug-likeness (QED) is 0.645. The molecule has 3 aromatic rings. The Morgan fingerprint density at radius 3 is 2.62 bits per heavy atom. The van der Waals surface area contributed by atoms with Crippen LogP contribution in [0.15, 0.2) is 46.0 Å². The zero-order valence-corrected chi connectivity index (χ0v) is 16.3. The number of hydrogen-bond acceptors (Lipinski definition) is 7. The van der Waals surface area contributed by atoms with Crippen LogP contribution in [0.4, 0.5) is 9.52 Å². The van der Waals surface area contributed by atoms with Crippen molar-refractivity contribution in [2.24, 2.45) is 5.73 Å². The molecule has 3 rings (SSSR count). The predicted molar refractivity (Wildman–Crippen MR) is 102 cm³/mol. The molecule has 2 N–H and O–H groups in total. The number of halogens is 1. The molecule has 0 bridgehead atoms. The van der Waals surface area contributed by atoms with Gasteiger partial charge in [0, 0.05) is 24.0 Å². The van der Waals surface area contributed by atoms with Crippen LogP contribution < -0.4 is 10.0 Å². The second-order valence-corrected chi connectivity index (χ2v) is 9.51. The number of anilines is 1. The Bertz CT molecular complexity index is 954. The predicted octanol–water partition coefficient (Wildman–Crippen LogP) is 2.87. The summed E-state index contributed by atoms with van der Waals surface area (Å²) in [5.41, 5.74) is 6.69. The smallest absolute Gasteiger partial charge is 0.275 e. The van der Waals surface area contributed by atoms with Crippen molar-refractivity contribution in [1.82, 2.24) is 9.36 Å². The Morgan fingerprint density at radius 1 is 1.27 bits per heavy atom. The summed E-state index contributed by atoms with van der Waals surface area (Å²) in [6.45, 7) is 1.84. The van der Waals surface area contributed by atoms with Crippen LogP contribution in [-0.4, -0.2) is 30.4 Å². The number of hydrogen-bond donors (Lipinski definition) is 1. The average molecular weight is 413 g/mol. The van der Waals surface area contributed by atoms with Gasteiger partial charge < -0.3 is 5.73 Å². The third kappa shape index (κ3) is 4.26. The van der Waals surface area contributed by atoms with E-state index in [0.717, 1.165) is 28.4 Å². The fraction of sp³-hybridized carbons (Fsp3) is 0.250. The zero-order chi connectivity index (χ0) is 18.7. The van der Waals surface area contributed by atoms with E-state index < -0.39 is 10.0 Å². The molecule has 0 spiro atoms. The van der Waals surface area contributed by atoms with Crippen LogP contribution in [0.25, 0.3) is 0 Å². The van der Waals surface area contributed by atoms with Crippen LogP contribution >= 0.6 is 22.9 Å². The molecule has 6 nitrogen and oxygen atoms in total. The van der Waals surface area contributed by atoms with Crippen LogP contribution in [0.3, 0.4) is 0 Å². The summed E-state index contributed by atoms with van der Waals surface area (Å²) in [6.07, 6.45) is 0.391. The van der Waals surface area contributed by atoms with Crippen LogP contribution in [0.5, 0.6) is 0 Å². The first kappa shape index (κ1) is 18.9. The van der Waals surface area contributed by atoms with Gasteiger partial charge in [-0.25, -0.2) is 22.1 Å². The molecule has 1 aromatic carbocycles. The van der Waals surface area contributed by atoms with Crippen molar-refractivity contribution >= 4 is 38.0 Å². The number of nitrogens with two attached hydrogens (primary N) is 1. The second kappa shape index (κ2) is 7.78. The van der Waals surface area contributed by atoms with Gasteiger partial charge >= 0.3 is 0 Å². The van der Waals surface area contributed by atoms with Crippen molar-refractivity contribution in [2.45, 2.75) is 23.6 Å². The highest BCUT2D eigenvalue weighted by atomic mass is 32.2. The molecule has 0 aliphatic carbocycles. The van der Waals surface area contributed by atoms with E-state index in [1.165, 1.54) is 16.4 Å². The summed E-state index contributed by atoms with van der Waals surface area (Å²) in [4.78, 5) is 4.37. The molecule has 0 aliphatic heterocycles. The van der Waals surface area contributed by atoms with Gasteiger partial charge in [-0.3, -0.25) is 0 Å². The van der Waals surface area contributed by atoms with Gasteiger partial charge in [-0.1, -0.05) is 18.2 Å². The number of aromatic nitrogens is 2. The van der Waals surface area contributed by atoms with Gasteiger partial charge in [0.1, 0.15) is 15.9 Å². The highest BCUT2D eigenvalue weighted by Gasteiger charge is 2.29. The van der Waals surface area contributed by atoms with Crippen molar-refractivity contribution < 1.29 is 12.8 Å². The molecule has 10 heteroatoms. The van der Waals surface area contributed by atoms with E-state index in [-0.39, 0.29) is 27.7 Å². The van der Waals surface area contributed by atoms with E-state index in [4.69, 9.17) is 5.73 Å². The van der Waals surface area contributed by atoms with Crippen molar-refractivity contribution in [1.29, 1.82) is 0 Å². The molecule has 0 aliphatic rings. The number of nitrogens with zero attached hydrogens (tertiary/aromatic N) is 3. The maximum atomic E-state index is 13.0. The van der Waals surface area contributed by atoms with Gasteiger partial charge in [0.15, 0.2) is 0 Å². The molecule has 0 radical (unpaired) electrons. The number of rotatable bonds is 7. The lowest BCUT2D eigenvalue weighted by Gasteiger charge is -2.22. The van der Waals surface area contributed by atoms with Crippen molar-refractivity contribution in [3.05, 3.63) is 59.0 Å². The molecule has 1 unspecified atom stereocenters. The lowest BCUT2D eigenvalue weighted by Crippen LogP contribution is -2.39. The SMILES string of the molecule is CC(N)CN(c1nc(Cc2ccc(F)cc2)ns1)S(=O)(=O)c1cccs1. The summed E-state index contributed by atoms with van der Waals surface area (Å²) in [6, 6.07) is 8.90. The topological polar surface area (TPSA) is 89.2 Å². The fourth-order valence-corrected chi connectivity index (χ4v) is 5.78. The molecule has 1 atom stereocenters. The van der Waals surface area contributed by atoms with E-state index >= 15 is 0 Å². The fourth-order valence-electron chi connectivity index (χ4n) is 2.26. The normalized spacial score (nSPS) is 12.9. The van der Waals surface area contributed by atoms with E-state index in [9.17, 15) is 12.8 Å². The minimum absolute atomic E-state index is 0.103. The first-order valence-corrected chi connectivity index (χ1v) is 10.8. The number of thiophene rings is 1. The van der Waals surface area contributed by atoms with E-state index in [1.54, 1.807) is 36.6 Å². The van der Waals surface area contributed by atoms with Crippen molar-refractivity contribution in [3.8, 4) is 0 Å². The third-order valence-electron chi connectivity index (χ3n) is 3.44. The molecule has 0 saturated heterocycles. The molecule has 2 heterocycles. The Hall–Kier alpha value is -1.88. The number of sulfonamides is 1. The molecule has 26 heavy (non-hydrogen) atoms. The molecule has 0 amide bonds. The summed E-state index contributed by atoms with van der Waals surface area (Å²) in [5, 5.41) is 1.98. The second-order valence-electron chi connectivity index (χ2n) is 5.74. The Kier molecular flexibility index (Phi) is 5.66. The van der Waals surface area contributed by atoms with E-state index in [2.05, 4.69) is 9.36 Å². The summed E-state index contributed by atoms with van der Waals surface area (Å²) < 4.78 is 44.5. The standard InChI is InChI=1S/C16H17FN4O2S3/c1-11(18)10-21(26(22,23)15-3-2-8-24-15)16-19-14(20-25-16)9-12-4-6-13(17)7-5-12/h2-8,11H,9-10,18H2,1H3. The molecular formula is C16H17FN4O2S3. The Balaban J connectivity index is 1.88. The maximum Gasteiger partial charge on any atom is 0.275 e. The van der Waals surface area contributed by atoms with Crippen LogP contribution in [0.1, 0.15) is 18.3 Å². The largest absolute Gasteiger partial charge is 0.326 e. The van der Waals surface area contributed by atoms with E-state index in [1.807, 2.05) is 0 Å². The zero-order valence-electron chi connectivity index (χ0n) is 13.9. The van der Waals surface area contributed by atoms with Crippen molar-refractivity contribution in [3.63, 3.8) is 0 Å². The molecule has 2 aromatic heterocycles. The van der Waals surface area contributed by atoms with Gasteiger partial charge in [-0.15, -0.1) is 11.3 Å². The lowest BCUT2D eigenvalue weighted by molar-refractivity contribution is 0.588. The first-order valence-electron chi connectivity index (χ1n) is 7.75. The minimum Gasteiger partial charge on any atom is -0.326 e. The minimum atomic E-state index is -3.74. The first-order chi connectivity index (χ1) is 12.4.